The normalized spacial score (nSPS) is 23.1. The third-order valence-electron chi connectivity index (χ3n) is 4.40. The van der Waals surface area contributed by atoms with Gasteiger partial charge in [0.1, 0.15) is 6.54 Å². The van der Waals surface area contributed by atoms with Gasteiger partial charge in [-0.1, -0.05) is 23.2 Å². The summed E-state index contributed by atoms with van der Waals surface area (Å²) in [6.45, 7) is 2.07. The summed E-state index contributed by atoms with van der Waals surface area (Å²) in [4.78, 5) is 4.50. The molecule has 1 saturated carbocycles. The summed E-state index contributed by atoms with van der Waals surface area (Å²) in [7, 11) is 0. The van der Waals surface area contributed by atoms with Gasteiger partial charge in [0.05, 0.1) is 12.3 Å². The summed E-state index contributed by atoms with van der Waals surface area (Å²) >= 11 is 0. The first-order valence-electron chi connectivity index (χ1n) is 7.69. The molecule has 0 bridgehead atoms. The van der Waals surface area contributed by atoms with Crippen molar-refractivity contribution in [1.82, 2.24) is 25.1 Å². The lowest BCUT2D eigenvalue weighted by Crippen LogP contribution is -2.03. The standard InChI is InChI=1S/C14H19N5O2/c1-2-4-10(3-1)14-15-13(17-21-14)8-19-7-12(16-18-19)11-5-6-20-9-11/h7,10-11H,1-6,8-9H2/t11-/m1/s1. The first-order chi connectivity index (χ1) is 10.4. The van der Waals surface area contributed by atoms with E-state index in [-0.39, 0.29) is 0 Å². The summed E-state index contributed by atoms with van der Waals surface area (Å²) in [5, 5.41) is 12.4. The second-order valence-electron chi connectivity index (χ2n) is 5.93. The molecule has 1 saturated heterocycles. The summed E-state index contributed by atoms with van der Waals surface area (Å²) in [5.41, 5.74) is 0.993. The Hall–Kier alpha value is -1.76. The Morgan fingerprint density at radius 3 is 2.90 bits per heavy atom. The van der Waals surface area contributed by atoms with Gasteiger partial charge in [0, 0.05) is 24.6 Å². The van der Waals surface area contributed by atoms with Crippen molar-refractivity contribution in [3.63, 3.8) is 0 Å². The molecule has 1 aliphatic carbocycles. The average molecular weight is 289 g/mol. The number of hydrogen-bond donors (Lipinski definition) is 0. The molecule has 0 amide bonds. The van der Waals surface area contributed by atoms with E-state index in [1.807, 2.05) is 6.20 Å². The van der Waals surface area contributed by atoms with Gasteiger partial charge in [0.2, 0.25) is 5.89 Å². The maximum atomic E-state index is 5.38. The molecule has 0 N–H and O–H groups in total. The van der Waals surface area contributed by atoms with Crippen LogP contribution in [0.1, 0.15) is 61.3 Å². The van der Waals surface area contributed by atoms with Crippen LogP contribution in [-0.4, -0.2) is 38.3 Å². The van der Waals surface area contributed by atoms with Crippen molar-refractivity contribution in [2.24, 2.45) is 0 Å². The second-order valence-corrected chi connectivity index (χ2v) is 5.93. The van der Waals surface area contributed by atoms with E-state index in [2.05, 4.69) is 20.5 Å². The maximum Gasteiger partial charge on any atom is 0.229 e. The molecule has 21 heavy (non-hydrogen) atoms. The summed E-state index contributed by atoms with van der Waals surface area (Å²) < 4.78 is 12.5. The molecule has 2 aliphatic rings. The topological polar surface area (TPSA) is 78.9 Å². The minimum atomic E-state index is 0.373. The highest BCUT2D eigenvalue weighted by molar-refractivity contribution is 5.04. The van der Waals surface area contributed by atoms with E-state index in [9.17, 15) is 0 Å². The highest BCUT2D eigenvalue weighted by Gasteiger charge is 2.24. The lowest BCUT2D eigenvalue weighted by Gasteiger charge is -2.00. The molecule has 7 heteroatoms. The van der Waals surface area contributed by atoms with Crippen LogP contribution in [0, 0.1) is 0 Å². The summed E-state index contributed by atoms with van der Waals surface area (Å²) in [5.74, 6) is 2.29. The van der Waals surface area contributed by atoms with Gasteiger partial charge in [0.15, 0.2) is 5.82 Å². The van der Waals surface area contributed by atoms with E-state index < -0.39 is 0 Å². The van der Waals surface area contributed by atoms with Crippen LogP contribution < -0.4 is 0 Å². The number of aromatic nitrogens is 5. The van der Waals surface area contributed by atoms with Crippen LogP contribution in [0.2, 0.25) is 0 Å². The van der Waals surface area contributed by atoms with Gasteiger partial charge in [-0.25, -0.2) is 4.68 Å². The minimum Gasteiger partial charge on any atom is -0.381 e. The second kappa shape index (κ2) is 5.55. The van der Waals surface area contributed by atoms with Gasteiger partial charge >= 0.3 is 0 Å². The van der Waals surface area contributed by atoms with Crippen LogP contribution in [0.15, 0.2) is 10.7 Å². The monoisotopic (exact) mass is 289 g/mol. The predicted molar refractivity (Wildman–Crippen MR) is 72.8 cm³/mol. The van der Waals surface area contributed by atoms with Gasteiger partial charge < -0.3 is 9.26 Å². The molecule has 0 aromatic carbocycles. The van der Waals surface area contributed by atoms with Crippen molar-refractivity contribution in [1.29, 1.82) is 0 Å². The van der Waals surface area contributed by atoms with Crippen molar-refractivity contribution in [3.8, 4) is 0 Å². The Morgan fingerprint density at radius 1 is 1.19 bits per heavy atom. The average Bonchev–Trinajstić information content (AvgIpc) is 3.28. The van der Waals surface area contributed by atoms with Crippen LogP contribution in [0.3, 0.4) is 0 Å². The molecule has 0 spiro atoms. The number of nitrogens with zero attached hydrogens (tertiary/aromatic N) is 5. The molecule has 112 valence electrons. The van der Waals surface area contributed by atoms with Crippen LogP contribution in [0.25, 0.3) is 0 Å². The SMILES string of the molecule is c1c([C@@H]2CCOC2)nnn1Cc1noc(C2CCCC2)n1. The first kappa shape index (κ1) is 12.9. The minimum absolute atomic E-state index is 0.373. The quantitative estimate of drug-likeness (QED) is 0.855. The van der Waals surface area contributed by atoms with Crippen molar-refractivity contribution in [2.45, 2.75) is 50.5 Å². The third-order valence-corrected chi connectivity index (χ3v) is 4.40. The highest BCUT2D eigenvalue weighted by atomic mass is 16.5. The van der Waals surface area contributed by atoms with Gasteiger partial charge in [-0.15, -0.1) is 5.10 Å². The van der Waals surface area contributed by atoms with E-state index in [1.54, 1.807) is 4.68 Å². The van der Waals surface area contributed by atoms with Crippen LogP contribution in [0.5, 0.6) is 0 Å². The van der Waals surface area contributed by atoms with Gasteiger partial charge in [-0.3, -0.25) is 0 Å². The zero-order valence-electron chi connectivity index (χ0n) is 11.9. The van der Waals surface area contributed by atoms with E-state index >= 15 is 0 Å². The fraction of sp³-hybridized carbons (Fsp3) is 0.714. The van der Waals surface area contributed by atoms with Gasteiger partial charge in [-0.2, -0.15) is 4.98 Å². The molecule has 0 radical (unpaired) electrons. The Labute approximate surface area is 122 Å². The Bertz CT molecular complexity index is 544. The molecule has 2 aromatic rings. The van der Waals surface area contributed by atoms with Crippen molar-refractivity contribution in [2.75, 3.05) is 13.2 Å². The molecule has 2 fully saturated rings. The molecule has 0 unspecified atom stereocenters. The fourth-order valence-electron chi connectivity index (χ4n) is 3.16. The molecular formula is C14H19N5O2. The molecule has 4 rings (SSSR count). The van der Waals surface area contributed by atoms with E-state index in [0.29, 0.717) is 24.2 Å². The van der Waals surface area contributed by atoms with E-state index in [4.69, 9.17) is 9.26 Å². The van der Waals surface area contributed by atoms with Crippen molar-refractivity contribution >= 4 is 0 Å². The largest absolute Gasteiger partial charge is 0.381 e. The number of ether oxygens (including phenoxy) is 1. The zero-order valence-corrected chi connectivity index (χ0v) is 11.9. The van der Waals surface area contributed by atoms with E-state index in [1.165, 1.54) is 12.8 Å². The zero-order chi connectivity index (χ0) is 14.1. The van der Waals surface area contributed by atoms with Gasteiger partial charge in [0.25, 0.3) is 0 Å². The van der Waals surface area contributed by atoms with E-state index in [0.717, 1.165) is 44.1 Å². The lowest BCUT2D eigenvalue weighted by molar-refractivity contribution is 0.193. The van der Waals surface area contributed by atoms with Crippen molar-refractivity contribution < 1.29 is 9.26 Å². The number of rotatable bonds is 4. The van der Waals surface area contributed by atoms with Crippen molar-refractivity contribution in [3.05, 3.63) is 23.6 Å². The smallest absolute Gasteiger partial charge is 0.229 e. The Kier molecular flexibility index (Phi) is 3.42. The predicted octanol–water partition coefficient (Wildman–Crippen LogP) is 1.87. The molecule has 3 heterocycles. The fourth-order valence-corrected chi connectivity index (χ4v) is 3.16. The Morgan fingerprint density at radius 2 is 2.10 bits per heavy atom. The first-order valence-corrected chi connectivity index (χ1v) is 7.69. The molecule has 1 aliphatic heterocycles. The Balaban J connectivity index is 1.43. The molecular weight excluding hydrogens is 270 g/mol. The summed E-state index contributed by atoms with van der Waals surface area (Å²) in [6.07, 6.45) is 7.84. The summed E-state index contributed by atoms with van der Waals surface area (Å²) in [6, 6.07) is 0. The molecule has 2 aromatic heterocycles. The van der Waals surface area contributed by atoms with Gasteiger partial charge in [-0.05, 0) is 19.3 Å². The maximum absolute atomic E-state index is 5.38. The molecule has 7 nitrogen and oxygen atoms in total. The third kappa shape index (κ3) is 2.70. The molecule has 1 atom stereocenters. The van der Waals surface area contributed by atoms with Crippen LogP contribution in [-0.2, 0) is 11.3 Å². The highest BCUT2D eigenvalue weighted by Crippen LogP contribution is 2.32. The van der Waals surface area contributed by atoms with Crippen LogP contribution >= 0.6 is 0 Å². The number of hydrogen-bond acceptors (Lipinski definition) is 6. The van der Waals surface area contributed by atoms with Crippen LogP contribution in [0.4, 0.5) is 0 Å². The lowest BCUT2D eigenvalue weighted by atomic mass is 10.1.